The molecule has 2 rings (SSSR count). The minimum absolute atomic E-state index is 0.0191. The summed E-state index contributed by atoms with van der Waals surface area (Å²) < 4.78 is 20.7. The SMILES string of the molecule is CCCNC(=O)[C@@H](C)N(Cc1ccccc1F)C(=O)COc1ccc(C(C)(C)C)cc1Br. The van der Waals surface area contributed by atoms with E-state index in [2.05, 4.69) is 42.0 Å². The molecule has 0 saturated heterocycles. The fourth-order valence-corrected chi connectivity index (χ4v) is 3.59. The van der Waals surface area contributed by atoms with Crippen molar-refractivity contribution < 1.29 is 18.7 Å². The molecule has 2 aromatic carbocycles. The molecule has 0 spiro atoms. The van der Waals surface area contributed by atoms with E-state index >= 15 is 0 Å². The number of nitrogens with one attached hydrogen (secondary N) is 1. The van der Waals surface area contributed by atoms with Crippen LogP contribution < -0.4 is 10.1 Å². The van der Waals surface area contributed by atoms with Crippen LogP contribution in [0.1, 0.15) is 52.2 Å². The molecule has 0 aliphatic rings. The molecule has 0 aliphatic carbocycles. The lowest BCUT2D eigenvalue weighted by Gasteiger charge is -2.29. The molecule has 0 aliphatic heterocycles. The van der Waals surface area contributed by atoms with Crippen LogP contribution in [0, 0.1) is 5.82 Å². The smallest absolute Gasteiger partial charge is 0.261 e. The number of carbonyl (C=O) groups excluding carboxylic acids is 2. The first-order valence-corrected chi connectivity index (χ1v) is 11.6. The van der Waals surface area contributed by atoms with Crippen LogP contribution in [0.3, 0.4) is 0 Å². The number of ether oxygens (including phenoxy) is 1. The van der Waals surface area contributed by atoms with Gasteiger partial charge in [-0.05, 0) is 58.5 Å². The van der Waals surface area contributed by atoms with Crippen molar-refractivity contribution in [2.45, 2.75) is 59.0 Å². The third kappa shape index (κ3) is 7.05. The van der Waals surface area contributed by atoms with Crippen molar-refractivity contribution in [3.8, 4) is 5.75 Å². The second-order valence-electron chi connectivity index (χ2n) is 8.76. The van der Waals surface area contributed by atoms with Gasteiger partial charge >= 0.3 is 0 Å². The zero-order chi connectivity index (χ0) is 23.9. The Morgan fingerprint density at radius 2 is 1.88 bits per heavy atom. The van der Waals surface area contributed by atoms with E-state index in [4.69, 9.17) is 4.74 Å². The highest BCUT2D eigenvalue weighted by Crippen LogP contribution is 2.31. The van der Waals surface area contributed by atoms with Crippen molar-refractivity contribution in [2.24, 2.45) is 0 Å². The van der Waals surface area contributed by atoms with Crippen LogP contribution in [0.4, 0.5) is 4.39 Å². The maximum absolute atomic E-state index is 14.2. The minimum Gasteiger partial charge on any atom is -0.483 e. The summed E-state index contributed by atoms with van der Waals surface area (Å²) in [7, 11) is 0. The van der Waals surface area contributed by atoms with E-state index in [1.54, 1.807) is 25.1 Å². The predicted molar refractivity (Wildman–Crippen MR) is 128 cm³/mol. The number of amides is 2. The molecular formula is C25H32BrFN2O3. The Hall–Kier alpha value is -2.41. The van der Waals surface area contributed by atoms with Crippen LogP contribution in [0.15, 0.2) is 46.9 Å². The molecule has 5 nitrogen and oxygen atoms in total. The molecule has 0 aromatic heterocycles. The van der Waals surface area contributed by atoms with Gasteiger partial charge in [0.2, 0.25) is 5.91 Å². The summed E-state index contributed by atoms with van der Waals surface area (Å²) in [5, 5.41) is 2.80. The molecule has 0 unspecified atom stereocenters. The zero-order valence-corrected chi connectivity index (χ0v) is 21.0. The lowest BCUT2D eigenvalue weighted by Crippen LogP contribution is -2.49. The average molecular weight is 507 g/mol. The largest absolute Gasteiger partial charge is 0.483 e. The molecule has 32 heavy (non-hydrogen) atoms. The lowest BCUT2D eigenvalue weighted by molar-refractivity contribution is -0.142. The first-order chi connectivity index (χ1) is 15.0. The highest BCUT2D eigenvalue weighted by molar-refractivity contribution is 9.10. The molecular weight excluding hydrogens is 475 g/mol. The topological polar surface area (TPSA) is 58.6 Å². The van der Waals surface area contributed by atoms with Crippen molar-refractivity contribution >= 4 is 27.7 Å². The summed E-state index contributed by atoms with van der Waals surface area (Å²) in [5.74, 6) is -0.584. The number of hydrogen-bond donors (Lipinski definition) is 1. The Morgan fingerprint density at radius 3 is 2.47 bits per heavy atom. The second-order valence-corrected chi connectivity index (χ2v) is 9.62. The fraction of sp³-hybridized carbons (Fsp3) is 0.440. The van der Waals surface area contributed by atoms with Gasteiger partial charge in [-0.2, -0.15) is 0 Å². The van der Waals surface area contributed by atoms with Crippen LogP contribution >= 0.6 is 15.9 Å². The van der Waals surface area contributed by atoms with E-state index in [-0.39, 0.29) is 24.5 Å². The van der Waals surface area contributed by atoms with Gasteiger partial charge in [0.1, 0.15) is 17.6 Å². The number of rotatable bonds is 9. The molecule has 174 valence electrons. The minimum atomic E-state index is -0.774. The summed E-state index contributed by atoms with van der Waals surface area (Å²) in [4.78, 5) is 27.0. The molecule has 0 bridgehead atoms. The van der Waals surface area contributed by atoms with Crippen molar-refractivity contribution in [2.75, 3.05) is 13.2 Å². The van der Waals surface area contributed by atoms with Crippen LogP contribution in [-0.2, 0) is 21.5 Å². The number of benzene rings is 2. The summed E-state index contributed by atoms with van der Waals surface area (Å²) in [6.07, 6.45) is 0.779. The van der Waals surface area contributed by atoms with Crippen LogP contribution in [-0.4, -0.2) is 35.9 Å². The molecule has 0 fully saturated rings. The van der Waals surface area contributed by atoms with E-state index in [1.807, 2.05) is 25.1 Å². The maximum atomic E-state index is 14.2. The molecule has 0 radical (unpaired) electrons. The first kappa shape index (κ1) is 25.8. The van der Waals surface area contributed by atoms with E-state index in [0.29, 0.717) is 17.9 Å². The van der Waals surface area contributed by atoms with Gasteiger partial charge < -0.3 is 15.0 Å². The van der Waals surface area contributed by atoms with Gasteiger partial charge in [-0.25, -0.2) is 4.39 Å². The average Bonchev–Trinajstić information content (AvgIpc) is 2.74. The number of nitrogens with zero attached hydrogens (tertiary/aromatic N) is 1. The lowest BCUT2D eigenvalue weighted by atomic mass is 9.87. The van der Waals surface area contributed by atoms with Gasteiger partial charge in [0.25, 0.3) is 5.91 Å². The van der Waals surface area contributed by atoms with E-state index in [1.165, 1.54) is 11.0 Å². The molecule has 2 aromatic rings. The van der Waals surface area contributed by atoms with Gasteiger partial charge in [0.05, 0.1) is 4.47 Å². The quantitative estimate of drug-likeness (QED) is 0.507. The summed E-state index contributed by atoms with van der Waals surface area (Å²) >= 11 is 3.51. The van der Waals surface area contributed by atoms with Gasteiger partial charge in [-0.3, -0.25) is 9.59 Å². The highest BCUT2D eigenvalue weighted by atomic mass is 79.9. The van der Waals surface area contributed by atoms with Crippen molar-refractivity contribution in [3.05, 3.63) is 63.9 Å². The first-order valence-electron chi connectivity index (χ1n) is 10.8. The molecule has 0 saturated carbocycles. The van der Waals surface area contributed by atoms with Crippen molar-refractivity contribution in [1.29, 1.82) is 0 Å². The molecule has 1 atom stereocenters. The highest BCUT2D eigenvalue weighted by Gasteiger charge is 2.27. The summed E-state index contributed by atoms with van der Waals surface area (Å²) in [6.45, 7) is 10.1. The van der Waals surface area contributed by atoms with Gasteiger partial charge in [-0.1, -0.05) is 52.0 Å². The fourth-order valence-electron chi connectivity index (χ4n) is 3.10. The standard InChI is InChI=1S/C25H32BrFN2O3/c1-6-13-28-24(31)17(2)29(15-18-9-7-8-10-21(18)27)23(30)16-32-22-12-11-19(14-20(22)26)25(3,4)5/h7-12,14,17H,6,13,15-16H2,1-5H3,(H,28,31)/t17-/m1/s1. The Morgan fingerprint density at radius 1 is 1.19 bits per heavy atom. The second kappa shape index (κ2) is 11.5. The number of hydrogen-bond acceptors (Lipinski definition) is 3. The van der Waals surface area contributed by atoms with Crippen molar-refractivity contribution in [3.63, 3.8) is 0 Å². The third-order valence-corrected chi connectivity index (χ3v) is 5.78. The number of halogens is 2. The maximum Gasteiger partial charge on any atom is 0.261 e. The third-order valence-electron chi connectivity index (χ3n) is 5.16. The normalized spacial score (nSPS) is 12.2. The Labute approximate surface area is 198 Å². The molecule has 7 heteroatoms. The predicted octanol–water partition coefficient (Wildman–Crippen LogP) is 5.21. The molecule has 2 amide bonds. The van der Waals surface area contributed by atoms with Crippen LogP contribution in [0.5, 0.6) is 5.75 Å². The number of carbonyl (C=O) groups is 2. The van der Waals surface area contributed by atoms with Gasteiger partial charge in [-0.15, -0.1) is 0 Å². The Bertz CT molecular complexity index is 943. The van der Waals surface area contributed by atoms with E-state index in [0.717, 1.165) is 16.5 Å². The van der Waals surface area contributed by atoms with Crippen molar-refractivity contribution in [1.82, 2.24) is 10.2 Å². The molecule has 0 heterocycles. The van der Waals surface area contributed by atoms with Gasteiger partial charge in [0.15, 0.2) is 6.61 Å². The monoisotopic (exact) mass is 506 g/mol. The van der Waals surface area contributed by atoms with Gasteiger partial charge in [0, 0.05) is 18.7 Å². The van der Waals surface area contributed by atoms with E-state index < -0.39 is 17.8 Å². The zero-order valence-electron chi connectivity index (χ0n) is 19.4. The Balaban J connectivity index is 2.18. The van der Waals surface area contributed by atoms with E-state index in [9.17, 15) is 14.0 Å². The molecule has 1 N–H and O–H groups in total. The summed E-state index contributed by atoms with van der Waals surface area (Å²) in [5.41, 5.74) is 1.45. The summed E-state index contributed by atoms with van der Waals surface area (Å²) in [6, 6.07) is 11.2. The van der Waals surface area contributed by atoms with Crippen LogP contribution in [0.25, 0.3) is 0 Å². The Kier molecular flexibility index (Phi) is 9.25. The van der Waals surface area contributed by atoms with Crippen LogP contribution in [0.2, 0.25) is 0 Å².